The topological polar surface area (TPSA) is 66.4 Å². The van der Waals surface area contributed by atoms with Gasteiger partial charge in [-0.25, -0.2) is 0 Å². The molecule has 0 aliphatic heterocycles. The first kappa shape index (κ1) is 14.0. The number of hydrogen-bond acceptors (Lipinski definition) is 2. The number of carbonyl (C=O) groups is 2. The maximum atomic E-state index is 11.4. The second-order valence-electron chi connectivity index (χ2n) is 4.89. The van der Waals surface area contributed by atoms with E-state index in [1.54, 1.807) is 0 Å². The fraction of sp³-hybridized carbons (Fsp3) is 0.846. The van der Waals surface area contributed by atoms with Crippen molar-refractivity contribution in [1.82, 2.24) is 5.32 Å². The van der Waals surface area contributed by atoms with Crippen LogP contribution in [0.3, 0.4) is 0 Å². The Hall–Kier alpha value is -1.06. The van der Waals surface area contributed by atoms with E-state index in [9.17, 15) is 9.59 Å². The number of hydrogen-bond donors (Lipinski definition) is 2. The molecule has 0 aromatic carbocycles. The lowest BCUT2D eigenvalue weighted by Crippen LogP contribution is -2.24. The molecule has 0 aromatic heterocycles. The Morgan fingerprint density at radius 2 is 1.82 bits per heavy atom. The summed E-state index contributed by atoms with van der Waals surface area (Å²) in [5, 5.41) is 11.2. The van der Waals surface area contributed by atoms with Crippen LogP contribution in [0.15, 0.2) is 0 Å². The molecule has 0 unspecified atom stereocenters. The van der Waals surface area contributed by atoms with E-state index >= 15 is 0 Å². The van der Waals surface area contributed by atoms with E-state index in [1.807, 2.05) is 0 Å². The predicted octanol–water partition coefficient (Wildman–Crippen LogP) is 2.33. The molecule has 1 rings (SSSR count). The van der Waals surface area contributed by atoms with Gasteiger partial charge in [0.15, 0.2) is 0 Å². The molecule has 98 valence electrons. The highest BCUT2D eigenvalue weighted by Gasteiger charge is 2.14. The molecule has 0 spiro atoms. The van der Waals surface area contributed by atoms with Gasteiger partial charge in [0.05, 0.1) is 0 Å². The summed E-state index contributed by atoms with van der Waals surface area (Å²) >= 11 is 0. The van der Waals surface area contributed by atoms with Gasteiger partial charge in [-0.05, 0) is 25.2 Å². The molecule has 0 aromatic rings. The highest BCUT2D eigenvalue weighted by Crippen LogP contribution is 2.28. The number of aliphatic carboxylic acids is 1. The second-order valence-corrected chi connectivity index (χ2v) is 4.89. The molecule has 0 radical (unpaired) electrons. The van der Waals surface area contributed by atoms with Crippen LogP contribution in [0.25, 0.3) is 0 Å². The molecule has 1 aliphatic rings. The van der Waals surface area contributed by atoms with Gasteiger partial charge in [-0.3, -0.25) is 9.59 Å². The van der Waals surface area contributed by atoms with Gasteiger partial charge in [0.1, 0.15) is 0 Å². The standard InChI is InChI=1S/C13H23NO3/c15-12(14-10-4-9-13(16)17)8-3-7-11-5-1-2-6-11/h11H,1-10H2,(H,14,15)(H,16,17). The first-order valence-corrected chi connectivity index (χ1v) is 6.67. The zero-order valence-corrected chi connectivity index (χ0v) is 10.4. The molecule has 1 fully saturated rings. The molecule has 1 aliphatic carbocycles. The summed E-state index contributed by atoms with van der Waals surface area (Å²) in [4.78, 5) is 21.7. The van der Waals surface area contributed by atoms with Gasteiger partial charge in [-0.15, -0.1) is 0 Å². The van der Waals surface area contributed by atoms with E-state index < -0.39 is 5.97 Å². The molecule has 2 N–H and O–H groups in total. The molecule has 1 saturated carbocycles. The second kappa shape index (κ2) is 8.09. The Morgan fingerprint density at radius 3 is 2.47 bits per heavy atom. The Labute approximate surface area is 103 Å². The van der Waals surface area contributed by atoms with E-state index in [2.05, 4.69) is 5.32 Å². The zero-order chi connectivity index (χ0) is 12.5. The highest BCUT2D eigenvalue weighted by molar-refractivity contribution is 5.75. The van der Waals surface area contributed by atoms with Crippen molar-refractivity contribution >= 4 is 11.9 Å². The minimum atomic E-state index is -0.805. The maximum absolute atomic E-state index is 11.4. The molecule has 0 saturated heterocycles. The SMILES string of the molecule is O=C(O)CCCNC(=O)CCCC1CCCC1. The number of rotatable bonds is 8. The van der Waals surface area contributed by atoms with Crippen molar-refractivity contribution in [2.24, 2.45) is 5.92 Å². The molecule has 1 amide bonds. The molecular formula is C13H23NO3. The van der Waals surface area contributed by atoms with Crippen molar-refractivity contribution < 1.29 is 14.7 Å². The van der Waals surface area contributed by atoms with Crippen LogP contribution < -0.4 is 5.32 Å². The normalized spacial score (nSPS) is 16.0. The highest BCUT2D eigenvalue weighted by atomic mass is 16.4. The third-order valence-electron chi connectivity index (χ3n) is 3.38. The maximum Gasteiger partial charge on any atom is 0.303 e. The summed E-state index contributed by atoms with van der Waals surface area (Å²) in [5.41, 5.74) is 0. The first-order valence-electron chi connectivity index (χ1n) is 6.67. The van der Waals surface area contributed by atoms with Crippen molar-refractivity contribution in [1.29, 1.82) is 0 Å². The van der Waals surface area contributed by atoms with E-state index in [4.69, 9.17) is 5.11 Å². The first-order chi connectivity index (χ1) is 8.18. The Morgan fingerprint density at radius 1 is 1.12 bits per heavy atom. The van der Waals surface area contributed by atoms with Crippen LogP contribution in [0.2, 0.25) is 0 Å². The minimum Gasteiger partial charge on any atom is -0.481 e. The van der Waals surface area contributed by atoms with Gasteiger partial charge >= 0.3 is 5.97 Å². The van der Waals surface area contributed by atoms with E-state index in [1.165, 1.54) is 32.1 Å². The summed E-state index contributed by atoms with van der Waals surface area (Å²) < 4.78 is 0. The Balaban J connectivity index is 1.91. The largest absolute Gasteiger partial charge is 0.481 e. The van der Waals surface area contributed by atoms with Crippen LogP contribution >= 0.6 is 0 Å². The van der Waals surface area contributed by atoms with Crippen LogP contribution in [-0.2, 0) is 9.59 Å². The van der Waals surface area contributed by atoms with Crippen LogP contribution in [0.5, 0.6) is 0 Å². The summed E-state index contributed by atoms with van der Waals surface area (Å²) in [6.07, 6.45) is 8.74. The van der Waals surface area contributed by atoms with Crippen LogP contribution in [-0.4, -0.2) is 23.5 Å². The average molecular weight is 241 g/mol. The van der Waals surface area contributed by atoms with Crippen molar-refractivity contribution in [3.63, 3.8) is 0 Å². The van der Waals surface area contributed by atoms with E-state index in [0.717, 1.165) is 12.3 Å². The van der Waals surface area contributed by atoms with Crippen molar-refractivity contribution in [2.45, 2.75) is 57.8 Å². The molecule has 4 nitrogen and oxygen atoms in total. The Kier molecular flexibility index (Phi) is 6.67. The number of amides is 1. The lowest BCUT2D eigenvalue weighted by Gasteiger charge is -2.08. The lowest BCUT2D eigenvalue weighted by molar-refractivity contribution is -0.137. The Bertz CT molecular complexity index is 247. The van der Waals surface area contributed by atoms with E-state index in [-0.39, 0.29) is 12.3 Å². The van der Waals surface area contributed by atoms with Crippen molar-refractivity contribution in [3.8, 4) is 0 Å². The quantitative estimate of drug-likeness (QED) is 0.641. The molecule has 0 bridgehead atoms. The van der Waals surface area contributed by atoms with Crippen LogP contribution in [0.1, 0.15) is 57.8 Å². The van der Waals surface area contributed by atoms with Gasteiger partial charge in [-0.2, -0.15) is 0 Å². The smallest absolute Gasteiger partial charge is 0.303 e. The number of carboxylic acid groups (broad SMARTS) is 1. The molecular weight excluding hydrogens is 218 g/mol. The van der Waals surface area contributed by atoms with Gasteiger partial charge in [-0.1, -0.05) is 25.7 Å². The third kappa shape index (κ3) is 6.97. The zero-order valence-electron chi connectivity index (χ0n) is 10.4. The van der Waals surface area contributed by atoms with Crippen molar-refractivity contribution in [3.05, 3.63) is 0 Å². The van der Waals surface area contributed by atoms with Gasteiger partial charge in [0, 0.05) is 19.4 Å². The van der Waals surface area contributed by atoms with Crippen LogP contribution in [0.4, 0.5) is 0 Å². The summed E-state index contributed by atoms with van der Waals surface area (Å²) in [5.74, 6) is 0.101. The van der Waals surface area contributed by atoms with E-state index in [0.29, 0.717) is 19.4 Å². The predicted molar refractivity (Wildman–Crippen MR) is 65.7 cm³/mol. The summed E-state index contributed by atoms with van der Waals surface area (Å²) in [6, 6.07) is 0. The number of nitrogens with one attached hydrogen (secondary N) is 1. The number of carboxylic acids is 1. The monoisotopic (exact) mass is 241 g/mol. The molecule has 4 heteroatoms. The van der Waals surface area contributed by atoms with Gasteiger partial charge < -0.3 is 10.4 Å². The summed E-state index contributed by atoms with van der Waals surface area (Å²) in [7, 11) is 0. The fourth-order valence-electron chi connectivity index (χ4n) is 2.41. The number of carbonyl (C=O) groups excluding carboxylic acids is 1. The average Bonchev–Trinajstić information content (AvgIpc) is 2.77. The minimum absolute atomic E-state index is 0.0633. The molecule has 0 atom stereocenters. The van der Waals surface area contributed by atoms with Crippen molar-refractivity contribution in [2.75, 3.05) is 6.54 Å². The van der Waals surface area contributed by atoms with Gasteiger partial charge in [0.25, 0.3) is 0 Å². The lowest BCUT2D eigenvalue weighted by atomic mass is 10.0. The van der Waals surface area contributed by atoms with Crippen LogP contribution in [0, 0.1) is 5.92 Å². The van der Waals surface area contributed by atoms with Gasteiger partial charge in [0.2, 0.25) is 5.91 Å². The fourth-order valence-corrected chi connectivity index (χ4v) is 2.41. The third-order valence-corrected chi connectivity index (χ3v) is 3.38. The molecule has 0 heterocycles. The molecule has 17 heavy (non-hydrogen) atoms. The summed E-state index contributed by atoms with van der Waals surface area (Å²) in [6.45, 7) is 0.481.